The largest absolute Gasteiger partial charge is 0.207 e. The summed E-state index contributed by atoms with van der Waals surface area (Å²) in [7, 11) is 0. The Bertz CT molecular complexity index is 317. The van der Waals surface area contributed by atoms with Crippen molar-refractivity contribution in [3.8, 4) is 0 Å². The summed E-state index contributed by atoms with van der Waals surface area (Å²) in [5, 5.41) is 0. The zero-order valence-electron chi connectivity index (χ0n) is 12.0. The van der Waals surface area contributed by atoms with Crippen LogP contribution in [0.3, 0.4) is 0 Å². The Kier molecular flexibility index (Phi) is 7.00. The fourth-order valence-electron chi connectivity index (χ4n) is 2.66. The maximum absolute atomic E-state index is 13.5. The molecule has 0 heterocycles. The standard InChI is InChI=1S/C17H27F/c1-4-15(13-17(18)14(2)3)11-8-12-16-9-6-5-7-10-16/h4,13,16H,2,5-12H2,1,3H3/b15-4-,17-13+. The van der Waals surface area contributed by atoms with E-state index < -0.39 is 0 Å². The predicted molar refractivity (Wildman–Crippen MR) is 78.2 cm³/mol. The smallest absolute Gasteiger partial charge is 0.125 e. The van der Waals surface area contributed by atoms with Crippen molar-refractivity contribution in [2.24, 2.45) is 5.92 Å². The van der Waals surface area contributed by atoms with E-state index in [1.165, 1.54) is 44.9 Å². The molecule has 1 heteroatoms. The Hall–Kier alpha value is -0.850. The second-order valence-electron chi connectivity index (χ2n) is 5.53. The van der Waals surface area contributed by atoms with Crippen molar-refractivity contribution in [3.63, 3.8) is 0 Å². The van der Waals surface area contributed by atoms with Gasteiger partial charge in [-0.2, -0.15) is 0 Å². The fraction of sp³-hybridized carbons (Fsp3) is 0.647. The first-order valence-corrected chi connectivity index (χ1v) is 7.31. The molecule has 0 spiro atoms. The molecule has 0 aromatic rings. The summed E-state index contributed by atoms with van der Waals surface area (Å²) in [6.45, 7) is 7.32. The molecule has 18 heavy (non-hydrogen) atoms. The van der Waals surface area contributed by atoms with Gasteiger partial charge in [0.2, 0.25) is 0 Å². The van der Waals surface area contributed by atoms with Crippen molar-refractivity contribution in [1.29, 1.82) is 0 Å². The van der Waals surface area contributed by atoms with E-state index >= 15 is 0 Å². The Morgan fingerprint density at radius 2 is 1.94 bits per heavy atom. The molecule has 1 rings (SSSR count). The van der Waals surface area contributed by atoms with Gasteiger partial charge in [-0.3, -0.25) is 0 Å². The first-order valence-electron chi connectivity index (χ1n) is 7.31. The van der Waals surface area contributed by atoms with Gasteiger partial charge >= 0.3 is 0 Å². The van der Waals surface area contributed by atoms with Crippen LogP contribution in [0.15, 0.2) is 35.7 Å². The lowest BCUT2D eigenvalue weighted by atomic mass is 9.85. The van der Waals surface area contributed by atoms with Crippen molar-refractivity contribution < 1.29 is 4.39 Å². The number of halogens is 1. The van der Waals surface area contributed by atoms with Crippen molar-refractivity contribution >= 4 is 0 Å². The van der Waals surface area contributed by atoms with Gasteiger partial charge < -0.3 is 0 Å². The Morgan fingerprint density at radius 1 is 1.28 bits per heavy atom. The average Bonchev–Trinajstić information content (AvgIpc) is 2.38. The molecule has 0 aromatic carbocycles. The molecule has 1 aliphatic carbocycles. The van der Waals surface area contributed by atoms with Gasteiger partial charge in [0.15, 0.2) is 0 Å². The van der Waals surface area contributed by atoms with E-state index in [4.69, 9.17) is 0 Å². The third-order valence-electron chi connectivity index (χ3n) is 3.89. The zero-order valence-corrected chi connectivity index (χ0v) is 12.0. The van der Waals surface area contributed by atoms with E-state index in [0.717, 1.165) is 17.9 Å². The quantitative estimate of drug-likeness (QED) is 0.499. The van der Waals surface area contributed by atoms with E-state index in [0.29, 0.717) is 5.57 Å². The summed E-state index contributed by atoms with van der Waals surface area (Å²) < 4.78 is 13.5. The first kappa shape index (κ1) is 15.2. The molecule has 0 unspecified atom stereocenters. The van der Waals surface area contributed by atoms with Crippen LogP contribution in [0.5, 0.6) is 0 Å². The Labute approximate surface area is 112 Å². The van der Waals surface area contributed by atoms with Crippen LogP contribution in [0, 0.1) is 5.92 Å². The molecule has 0 atom stereocenters. The number of allylic oxidation sites excluding steroid dienone is 5. The number of rotatable bonds is 6. The van der Waals surface area contributed by atoms with Crippen molar-refractivity contribution in [2.75, 3.05) is 0 Å². The second kappa shape index (κ2) is 8.29. The summed E-state index contributed by atoms with van der Waals surface area (Å²) >= 11 is 0. The molecule has 0 aromatic heterocycles. The van der Waals surface area contributed by atoms with Crippen LogP contribution in [0.25, 0.3) is 0 Å². The third-order valence-corrected chi connectivity index (χ3v) is 3.89. The van der Waals surface area contributed by atoms with Gasteiger partial charge in [-0.1, -0.05) is 51.2 Å². The minimum Gasteiger partial charge on any atom is -0.207 e. The van der Waals surface area contributed by atoms with Gasteiger partial charge in [-0.05, 0) is 49.8 Å². The van der Waals surface area contributed by atoms with E-state index in [-0.39, 0.29) is 5.83 Å². The van der Waals surface area contributed by atoms with Crippen LogP contribution in [-0.2, 0) is 0 Å². The summed E-state index contributed by atoms with van der Waals surface area (Å²) in [4.78, 5) is 0. The van der Waals surface area contributed by atoms with Crippen LogP contribution in [0.2, 0.25) is 0 Å². The maximum Gasteiger partial charge on any atom is 0.125 e. The van der Waals surface area contributed by atoms with Crippen LogP contribution in [0.1, 0.15) is 65.2 Å². The van der Waals surface area contributed by atoms with Gasteiger partial charge in [-0.25, -0.2) is 4.39 Å². The molecule has 1 saturated carbocycles. The summed E-state index contributed by atoms with van der Waals surface area (Å²) in [5.74, 6) is 0.743. The van der Waals surface area contributed by atoms with Gasteiger partial charge in [-0.15, -0.1) is 0 Å². The highest BCUT2D eigenvalue weighted by Crippen LogP contribution is 2.28. The summed E-state index contributed by atoms with van der Waals surface area (Å²) in [6.07, 6.45) is 14.2. The third kappa shape index (κ3) is 5.66. The topological polar surface area (TPSA) is 0 Å². The van der Waals surface area contributed by atoms with Crippen LogP contribution < -0.4 is 0 Å². The lowest BCUT2D eigenvalue weighted by Gasteiger charge is -2.21. The molecule has 0 radical (unpaired) electrons. The first-order chi connectivity index (χ1) is 8.63. The molecule has 102 valence electrons. The maximum atomic E-state index is 13.5. The lowest BCUT2D eigenvalue weighted by Crippen LogP contribution is -2.05. The van der Waals surface area contributed by atoms with Gasteiger partial charge in [0.1, 0.15) is 5.83 Å². The normalized spacial score (nSPS) is 19.1. The van der Waals surface area contributed by atoms with Crippen LogP contribution >= 0.6 is 0 Å². The molecule has 0 amide bonds. The van der Waals surface area contributed by atoms with Gasteiger partial charge in [0.25, 0.3) is 0 Å². The average molecular weight is 250 g/mol. The summed E-state index contributed by atoms with van der Waals surface area (Å²) in [5.41, 5.74) is 1.62. The predicted octanol–water partition coefficient (Wildman–Crippen LogP) is 6.11. The highest BCUT2D eigenvalue weighted by atomic mass is 19.1. The van der Waals surface area contributed by atoms with E-state index in [1.807, 2.05) is 13.0 Å². The van der Waals surface area contributed by atoms with E-state index in [9.17, 15) is 4.39 Å². The fourth-order valence-corrected chi connectivity index (χ4v) is 2.66. The van der Waals surface area contributed by atoms with Crippen LogP contribution in [-0.4, -0.2) is 0 Å². The lowest BCUT2D eigenvalue weighted by molar-refractivity contribution is 0.332. The van der Waals surface area contributed by atoms with Crippen molar-refractivity contribution in [2.45, 2.75) is 65.2 Å². The summed E-state index contributed by atoms with van der Waals surface area (Å²) in [6, 6.07) is 0. The molecule has 0 aliphatic heterocycles. The molecule has 1 fully saturated rings. The van der Waals surface area contributed by atoms with Gasteiger partial charge in [0, 0.05) is 0 Å². The molecule has 1 aliphatic rings. The van der Waals surface area contributed by atoms with E-state index in [2.05, 4.69) is 6.58 Å². The molecular formula is C17H27F. The molecule has 0 nitrogen and oxygen atoms in total. The minimum atomic E-state index is -0.180. The van der Waals surface area contributed by atoms with E-state index in [1.54, 1.807) is 13.0 Å². The molecule has 0 saturated heterocycles. The molecule has 0 bridgehead atoms. The number of hydrogen-bond acceptors (Lipinski definition) is 0. The van der Waals surface area contributed by atoms with Crippen LogP contribution in [0.4, 0.5) is 4.39 Å². The SMILES string of the molecule is C=C(C)/C(F)=C\C(=C/C)CCCC1CCCCC1. The minimum absolute atomic E-state index is 0.180. The van der Waals surface area contributed by atoms with Crippen molar-refractivity contribution in [1.82, 2.24) is 0 Å². The Balaban J connectivity index is 2.31. The Morgan fingerprint density at radius 3 is 2.50 bits per heavy atom. The van der Waals surface area contributed by atoms with Gasteiger partial charge in [0.05, 0.1) is 0 Å². The highest BCUT2D eigenvalue weighted by molar-refractivity contribution is 5.29. The monoisotopic (exact) mass is 250 g/mol. The molecular weight excluding hydrogens is 223 g/mol. The second-order valence-corrected chi connectivity index (χ2v) is 5.53. The highest BCUT2D eigenvalue weighted by Gasteiger charge is 2.12. The number of hydrogen-bond donors (Lipinski definition) is 0. The zero-order chi connectivity index (χ0) is 13.4. The molecule has 0 N–H and O–H groups in total. The van der Waals surface area contributed by atoms with Crippen molar-refractivity contribution in [3.05, 3.63) is 35.7 Å².